The number of hydrogen-bond donors (Lipinski definition) is 2. The Hall–Kier alpha value is -1.79. The summed E-state index contributed by atoms with van der Waals surface area (Å²) in [5.41, 5.74) is 0. The minimum absolute atomic E-state index is 0.104. The molecule has 2 aromatic rings. The molecule has 0 radical (unpaired) electrons. The monoisotopic (exact) mass is 256 g/mol. The standard InChI is InChI=1S/C10H9ClN2O4/c1-13-7(11)4-12-9(13)8(14)5-2-3-6(17-5)10(15)16/h2-4,8,14H,1H3,(H,15,16). The van der Waals surface area contributed by atoms with Crippen molar-refractivity contribution >= 4 is 17.6 Å². The van der Waals surface area contributed by atoms with Crippen LogP contribution in [0.5, 0.6) is 0 Å². The summed E-state index contributed by atoms with van der Waals surface area (Å²) in [7, 11) is 1.63. The summed E-state index contributed by atoms with van der Waals surface area (Å²) in [6.45, 7) is 0. The minimum Gasteiger partial charge on any atom is -0.475 e. The third kappa shape index (κ3) is 2.04. The number of nitrogens with zero attached hydrogens (tertiary/aromatic N) is 2. The molecule has 0 fully saturated rings. The Balaban J connectivity index is 2.33. The number of hydrogen-bond acceptors (Lipinski definition) is 4. The van der Waals surface area contributed by atoms with Gasteiger partial charge in [0, 0.05) is 7.05 Å². The maximum absolute atomic E-state index is 10.6. The molecule has 2 aromatic heterocycles. The van der Waals surface area contributed by atoms with E-state index in [1.165, 1.54) is 22.9 Å². The second-order valence-corrected chi connectivity index (χ2v) is 3.80. The van der Waals surface area contributed by atoms with Crippen molar-refractivity contribution in [1.82, 2.24) is 9.55 Å². The van der Waals surface area contributed by atoms with E-state index in [2.05, 4.69) is 4.98 Å². The highest BCUT2D eigenvalue weighted by atomic mass is 35.5. The Bertz CT molecular complexity index is 560. The summed E-state index contributed by atoms with van der Waals surface area (Å²) in [6, 6.07) is 2.65. The average molecular weight is 257 g/mol. The normalized spacial score (nSPS) is 12.6. The Morgan fingerprint density at radius 2 is 2.29 bits per heavy atom. The second-order valence-electron chi connectivity index (χ2n) is 3.41. The molecule has 6 nitrogen and oxygen atoms in total. The van der Waals surface area contributed by atoms with Crippen molar-refractivity contribution < 1.29 is 19.4 Å². The first-order valence-corrected chi connectivity index (χ1v) is 5.06. The summed E-state index contributed by atoms with van der Waals surface area (Å²) < 4.78 is 6.46. The first-order chi connectivity index (χ1) is 8.00. The lowest BCUT2D eigenvalue weighted by Gasteiger charge is -2.07. The average Bonchev–Trinajstić information content (AvgIpc) is 2.87. The summed E-state index contributed by atoms with van der Waals surface area (Å²) >= 11 is 5.78. The van der Waals surface area contributed by atoms with Gasteiger partial charge < -0.3 is 19.2 Å². The van der Waals surface area contributed by atoms with E-state index in [1.807, 2.05) is 0 Å². The number of aromatic nitrogens is 2. The zero-order valence-electron chi connectivity index (χ0n) is 8.79. The summed E-state index contributed by atoms with van der Waals surface area (Å²) in [5.74, 6) is -1.05. The van der Waals surface area contributed by atoms with Crippen molar-refractivity contribution in [2.45, 2.75) is 6.10 Å². The van der Waals surface area contributed by atoms with Gasteiger partial charge in [-0.05, 0) is 12.1 Å². The molecule has 0 aliphatic heterocycles. The molecule has 17 heavy (non-hydrogen) atoms. The molecular weight excluding hydrogens is 248 g/mol. The van der Waals surface area contributed by atoms with Gasteiger partial charge in [0.2, 0.25) is 5.76 Å². The van der Waals surface area contributed by atoms with Crippen LogP contribution in [-0.4, -0.2) is 25.7 Å². The van der Waals surface area contributed by atoms with Crippen LogP contribution < -0.4 is 0 Å². The van der Waals surface area contributed by atoms with Crippen molar-refractivity contribution in [2.75, 3.05) is 0 Å². The van der Waals surface area contributed by atoms with E-state index in [4.69, 9.17) is 21.1 Å². The highest BCUT2D eigenvalue weighted by Crippen LogP contribution is 2.24. The predicted molar refractivity (Wildman–Crippen MR) is 57.9 cm³/mol. The maximum atomic E-state index is 10.6. The summed E-state index contributed by atoms with van der Waals surface area (Å²) in [6.07, 6.45) is 0.238. The summed E-state index contributed by atoms with van der Waals surface area (Å²) in [5, 5.41) is 19.0. The molecule has 1 unspecified atom stereocenters. The smallest absolute Gasteiger partial charge is 0.371 e. The third-order valence-corrected chi connectivity index (χ3v) is 2.67. The van der Waals surface area contributed by atoms with Crippen molar-refractivity contribution in [2.24, 2.45) is 7.05 Å². The van der Waals surface area contributed by atoms with Crippen LogP contribution >= 0.6 is 11.6 Å². The van der Waals surface area contributed by atoms with Crippen molar-refractivity contribution in [3.63, 3.8) is 0 Å². The van der Waals surface area contributed by atoms with Gasteiger partial charge in [0.1, 0.15) is 16.7 Å². The number of furan rings is 1. The first kappa shape index (κ1) is 11.7. The van der Waals surface area contributed by atoms with Crippen molar-refractivity contribution in [3.8, 4) is 0 Å². The fourth-order valence-electron chi connectivity index (χ4n) is 1.40. The Morgan fingerprint density at radius 3 is 2.76 bits per heavy atom. The van der Waals surface area contributed by atoms with Crippen LogP contribution in [0.25, 0.3) is 0 Å². The molecule has 2 rings (SSSR count). The molecule has 0 spiro atoms. The van der Waals surface area contributed by atoms with Gasteiger partial charge in [-0.3, -0.25) is 0 Å². The van der Waals surface area contributed by atoms with E-state index in [1.54, 1.807) is 7.05 Å². The number of aromatic carboxylic acids is 1. The lowest BCUT2D eigenvalue weighted by Crippen LogP contribution is -2.06. The molecule has 0 amide bonds. The zero-order chi connectivity index (χ0) is 12.6. The van der Waals surface area contributed by atoms with Crippen molar-refractivity contribution in [1.29, 1.82) is 0 Å². The molecule has 1 atom stereocenters. The lowest BCUT2D eigenvalue weighted by atomic mass is 10.2. The molecule has 0 aliphatic rings. The quantitative estimate of drug-likeness (QED) is 0.868. The van der Waals surface area contributed by atoms with Gasteiger partial charge in [0.25, 0.3) is 0 Å². The van der Waals surface area contributed by atoms with E-state index in [0.29, 0.717) is 5.15 Å². The van der Waals surface area contributed by atoms with Crippen molar-refractivity contribution in [3.05, 3.63) is 40.8 Å². The Morgan fingerprint density at radius 1 is 1.59 bits per heavy atom. The number of carboxylic acid groups (broad SMARTS) is 1. The SMILES string of the molecule is Cn1c(Cl)cnc1C(O)c1ccc(C(=O)O)o1. The number of carboxylic acids is 1. The van der Waals surface area contributed by atoms with Crippen LogP contribution in [0.3, 0.4) is 0 Å². The highest BCUT2D eigenvalue weighted by Gasteiger charge is 2.21. The largest absolute Gasteiger partial charge is 0.475 e. The fourth-order valence-corrected chi connectivity index (χ4v) is 1.53. The van der Waals surface area contributed by atoms with Crippen LogP contribution in [0, 0.1) is 0 Å². The van der Waals surface area contributed by atoms with Crippen LogP contribution in [0.15, 0.2) is 22.7 Å². The molecule has 0 saturated carbocycles. The van der Waals surface area contributed by atoms with E-state index < -0.39 is 12.1 Å². The topological polar surface area (TPSA) is 88.5 Å². The number of halogens is 1. The maximum Gasteiger partial charge on any atom is 0.371 e. The number of imidazole rings is 1. The van der Waals surface area contributed by atoms with Gasteiger partial charge in [0.15, 0.2) is 6.10 Å². The van der Waals surface area contributed by atoms with Gasteiger partial charge >= 0.3 is 5.97 Å². The molecule has 2 heterocycles. The second kappa shape index (κ2) is 4.23. The van der Waals surface area contributed by atoms with E-state index in [-0.39, 0.29) is 17.3 Å². The number of aliphatic hydroxyl groups is 1. The first-order valence-electron chi connectivity index (χ1n) is 4.69. The van der Waals surface area contributed by atoms with Crippen LogP contribution in [0.4, 0.5) is 0 Å². The van der Waals surface area contributed by atoms with Gasteiger partial charge in [0.05, 0.1) is 6.20 Å². The molecular formula is C10H9ClN2O4. The molecule has 90 valence electrons. The zero-order valence-corrected chi connectivity index (χ0v) is 9.55. The van der Waals surface area contributed by atoms with E-state index in [9.17, 15) is 9.90 Å². The van der Waals surface area contributed by atoms with Crippen LogP contribution in [-0.2, 0) is 7.05 Å². The van der Waals surface area contributed by atoms with Gasteiger partial charge in [-0.25, -0.2) is 9.78 Å². The van der Waals surface area contributed by atoms with Crippen LogP contribution in [0.2, 0.25) is 5.15 Å². The van der Waals surface area contributed by atoms with Crippen LogP contribution in [0.1, 0.15) is 28.2 Å². The Kier molecular flexibility index (Phi) is 2.91. The van der Waals surface area contributed by atoms with Gasteiger partial charge in [-0.1, -0.05) is 11.6 Å². The molecule has 0 aromatic carbocycles. The minimum atomic E-state index is -1.19. The predicted octanol–water partition coefficient (Wildman–Crippen LogP) is 1.45. The molecule has 7 heteroatoms. The van der Waals surface area contributed by atoms with E-state index in [0.717, 1.165) is 0 Å². The number of rotatable bonds is 3. The fraction of sp³-hybridized carbons (Fsp3) is 0.200. The highest BCUT2D eigenvalue weighted by molar-refractivity contribution is 6.29. The Labute approximate surface area is 101 Å². The van der Waals surface area contributed by atoms with Gasteiger partial charge in [-0.15, -0.1) is 0 Å². The molecule has 0 bridgehead atoms. The third-order valence-electron chi connectivity index (χ3n) is 2.32. The summed E-state index contributed by atoms with van der Waals surface area (Å²) in [4.78, 5) is 14.5. The van der Waals surface area contributed by atoms with E-state index >= 15 is 0 Å². The lowest BCUT2D eigenvalue weighted by molar-refractivity contribution is 0.0654. The number of carbonyl (C=O) groups is 1. The van der Waals surface area contributed by atoms with Gasteiger partial charge in [-0.2, -0.15) is 0 Å². The number of aliphatic hydroxyl groups excluding tert-OH is 1. The molecule has 0 saturated heterocycles. The molecule has 2 N–H and O–H groups in total. The molecule has 0 aliphatic carbocycles.